The average Bonchev–Trinajstić information content (AvgIpc) is 2.68. The molecule has 1 heterocycles. The second-order valence-corrected chi connectivity index (χ2v) is 6.05. The number of pyridine rings is 1. The van der Waals surface area contributed by atoms with Crippen molar-refractivity contribution in [2.45, 2.75) is 32.1 Å². The van der Waals surface area contributed by atoms with Gasteiger partial charge in [0.05, 0.1) is 19.9 Å². The lowest BCUT2D eigenvalue weighted by Gasteiger charge is -2.13. The highest BCUT2D eigenvalue weighted by atomic mass is 16.5. The second-order valence-electron chi connectivity index (χ2n) is 6.05. The van der Waals surface area contributed by atoms with Crippen molar-refractivity contribution in [1.29, 1.82) is 0 Å². The van der Waals surface area contributed by atoms with Crippen molar-refractivity contribution in [2.75, 3.05) is 20.8 Å². The van der Waals surface area contributed by atoms with Crippen molar-refractivity contribution in [3.63, 3.8) is 0 Å². The molecule has 1 aromatic rings. The van der Waals surface area contributed by atoms with Crippen LogP contribution in [0.25, 0.3) is 0 Å². The van der Waals surface area contributed by atoms with Gasteiger partial charge in [0.15, 0.2) is 0 Å². The molecule has 2 rings (SSSR count). The molecule has 0 saturated heterocycles. The van der Waals surface area contributed by atoms with Crippen molar-refractivity contribution in [1.82, 2.24) is 15.6 Å². The number of ether oxygens (including phenoxy) is 2. The van der Waals surface area contributed by atoms with Crippen molar-refractivity contribution < 1.29 is 19.1 Å². The molecule has 2 amide bonds. The minimum Gasteiger partial charge on any atom is -0.481 e. The minimum atomic E-state index is -0.281. The molecule has 0 fully saturated rings. The average molecular weight is 374 g/mol. The number of unbranched alkanes of at least 4 members (excludes halogenated alkanes) is 1. The molecule has 0 atom stereocenters. The first-order valence-electron chi connectivity index (χ1n) is 8.87. The number of aromatic nitrogens is 1. The smallest absolute Gasteiger partial charge is 0.256 e. The van der Waals surface area contributed by atoms with Gasteiger partial charge in [0.25, 0.3) is 5.91 Å². The maximum absolute atomic E-state index is 12.2. The quantitative estimate of drug-likeness (QED) is 0.566. The molecule has 27 heavy (non-hydrogen) atoms. The van der Waals surface area contributed by atoms with Crippen molar-refractivity contribution in [3.05, 3.63) is 41.2 Å². The van der Waals surface area contributed by atoms with Gasteiger partial charge in [0.1, 0.15) is 5.56 Å². The van der Waals surface area contributed by atoms with Crippen LogP contribution in [0.15, 0.2) is 35.7 Å². The Balaban J connectivity index is 1.71. The molecule has 8 heteroatoms. The second kappa shape index (κ2) is 10.2. The summed E-state index contributed by atoms with van der Waals surface area (Å²) >= 11 is 0. The number of amides is 2. The summed E-state index contributed by atoms with van der Waals surface area (Å²) in [4.78, 5) is 28.3. The summed E-state index contributed by atoms with van der Waals surface area (Å²) in [6.45, 7) is 0.450. The first kappa shape index (κ1) is 20.3. The molecule has 0 aromatic carbocycles. The van der Waals surface area contributed by atoms with Crippen LogP contribution < -0.4 is 25.8 Å². The van der Waals surface area contributed by atoms with Crippen LogP contribution in [0.5, 0.6) is 11.8 Å². The number of nitrogens with two attached hydrogens (primary N) is 1. The molecular formula is C19H26N4O4. The lowest BCUT2D eigenvalue weighted by atomic mass is 10.1. The Hall–Kier alpha value is -3.03. The number of hydrogen-bond acceptors (Lipinski definition) is 6. The number of nitrogens with zero attached hydrogens (tertiary/aromatic N) is 1. The van der Waals surface area contributed by atoms with Gasteiger partial charge in [-0.1, -0.05) is 6.08 Å². The van der Waals surface area contributed by atoms with E-state index in [1.165, 1.54) is 14.2 Å². The van der Waals surface area contributed by atoms with Gasteiger partial charge in [-0.2, -0.15) is 4.98 Å². The third-order valence-corrected chi connectivity index (χ3v) is 4.08. The molecule has 0 bridgehead atoms. The molecule has 0 saturated carbocycles. The lowest BCUT2D eigenvalue weighted by Crippen LogP contribution is -2.27. The van der Waals surface area contributed by atoms with Crippen LogP contribution >= 0.6 is 0 Å². The fourth-order valence-electron chi connectivity index (χ4n) is 2.59. The van der Waals surface area contributed by atoms with Crippen LogP contribution in [0.2, 0.25) is 0 Å². The molecule has 0 spiro atoms. The number of rotatable bonds is 9. The predicted octanol–water partition coefficient (Wildman–Crippen LogP) is 1.64. The monoisotopic (exact) mass is 374 g/mol. The summed E-state index contributed by atoms with van der Waals surface area (Å²) in [5, 5.41) is 5.63. The van der Waals surface area contributed by atoms with E-state index >= 15 is 0 Å². The molecule has 0 aliphatic heterocycles. The van der Waals surface area contributed by atoms with Crippen LogP contribution in [0.4, 0.5) is 0 Å². The molecule has 8 nitrogen and oxygen atoms in total. The summed E-state index contributed by atoms with van der Waals surface area (Å²) in [5.41, 5.74) is 7.61. The maximum Gasteiger partial charge on any atom is 0.256 e. The number of carbonyl (C=O) groups is 2. The Bertz CT molecular complexity index is 743. The first-order chi connectivity index (χ1) is 13.0. The molecular weight excluding hydrogens is 348 g/mol. The Kier molecular flexibility index (Phi) is 7.66. The van der Waals surface area contributed by atoms with Crippen LogP contribution in [0.3, 0.4) is 0 Å². The first-order valence-corrected chi connectivity index (χ1v) is 8.87. The van der Waals surface area contributed by atoms with Gasteiger partial charge >= 0.3 is 0 Å². The SMILES string of the molecule is COc1ccc(C(=O)NCCCCC(=O)NC2=C(N)CCC=C2)c(OC)n1. The van der Waals surface area contributed by atoms with Gasteiger partial charge in [-0.3, -0.25) is 9.59 Å². The Morgan fingerprint density at radius 3 is 2.74 bits per heavy atom. The molecule has 1 aliphatic carbocycles. The Labute approximate surface area is 158 Å². The number of methoxy groups -OCH3 is 2. The molecule has 1 aliphatic rings. The van der Waals surface area contributed by atoms with E-state index in [4.69, 9.17) is 15.2 Å². The number of hydrogen-bond donors (Lipinski definition) is 3. The molecule has 1 aromatic heterocycles. The van der Waals surface area contributed by atoms with Crippen molar-refractivity contribution >= 4 is 11.8 Å². The van der Waals surface area contributed by atoms with E-state index in [9.17, 15) is 9.59 Å². The zero-order chi connectivity index (χ0) is 19.6. The summed E-state index contributed by atoms with van der Waals surface area (Å²) in [7, 11) is 2.94. The zero-order valence-corrected chi connectivity index (χ0v) is 15.7. The number of nitrogens with one attached hydrogen (secondary N) is 2. The highest BCUT2D eigenvalue weighted by Crippen LogP contribution is 2.19. The summed E-state index contributed by atoms with van der Waals surface area (Å²) in [5.74, 6) is 0.221. The van der Waals surface area contributed by atoms with Gasteiger partial charge < -0.3 is 25.8 Å². The highest BCUT2D eigenvalue weighted by Gasteiger charge is 2.14. The highest BCUT2D eigenvalue weighted by molar-refractivity contribution is 5.96. The van der Waals surface area contributed by atoms with E-state index in [-0.39, 0.29) is 17.7 Å². The normalized spacial score (nSPS) is 13.3. The van der Waals surface area contributed by atoms with E-state index < -0.39 is 0 Å². The van der Waals surface area contributed by atoms with Crippen LogP contribution in [-0.2, 0) is 4.79 Å². The molecule has 146 valence electrons. The Morgan fingerprint density at radius 1 is 1.22 bits per heavy atom. The van der Waals surface area contributed by atoms with Gasteiger partial charge in [-0.15, -0.1) is 0 Å². The largest absolute Gasteiger partial charge is 0.481 e. The van der Waals surface area contributed by atoms with E-state index in [2.05, 4.69) is 15.6 Å². The topological polar surface area (TPSA) is 116 Å². The number of allylic oxidation sites excluding steroid dienone is 3. The van der Waals surface area contributed by atoms with Crippen molar-refractivity contribution in [3.8, 4) is 11.8 Å². The third-order valence-electron chi connectivity index (χ3n) is 4.08. The van der Waals surface area contributed by atoms with E-state index in [0.29, 0.717) is 48.6 Å². The van der Waals surface area contributed by atoms with E-state index in [0.717, 1.165) is 12.8 Å². The molecule has 0 unspecified atom stereocenters. The van der Waals surface area contributed by atoms with Gasteiger partial charge in [-0.05, 0) is 37.8 Å². The third kappa shape index (κ3) is 6.02. The fourth-order valence-corrected chi connectivity index (χ4v) is 2.59. The van der Waals surface area contributed by atoms with E-state index in [1.807, 2.05) is 12.2 Å². The van der Waals surface area contributed by atoms with Gasteiger partial charge in [0, 0.05) is 24.7 Å². The van der Waals surface area contributed by atoms with Crippen LogP contribution in [0.1, 0.15) is 42.5 Å². The Morgan fingerprint density at radius 2 is 2.04 bits per heavy atom. The lowest BCUT2D eigenvalue weighted by molar-refractivity contribution is -0.120. The predicted molar refractivity (Wildman–Crippen MR) is 101 cm³/mol. The number of carbonyl (C=O) groups excluding carboxylic acids is 2. The minimum absolute atomic E-state index is 0.0770. The van der Waals surface area contributed by atoms with E-state index in [1.54, 1.807) is 12.1 Å². The summed E-state index contributed by atoms with van der Waals surface area (Å²) < 4.78 is 10.1. The van der Waals surface area contributed by atoms with Crippen LogP contribution in [0, 0.1) is 0 Å². The fraction of sp³-hybridized carbons (Fsp3) is 0.421. The maximum atomic E-state index is 12.2. The molecule has 0 radical (unpaired) electrons. The molecule has 4 N–H and O–H groups in total. The standard InChI is InChI=1S/C19H26N4O4/c1-26-17-11-10-13(19(23-17)27-2)18(25)21-12-6-5-9-16(24)22-15-8-4-3-7-14(15)20/h4,8,10-11H,3,5-7,9,12,20H2,1-2H3,(H,21,25)(H,22,24). The van der Waals surface area contributed by atoms with Crippen molar-refractivity contribution in [2.24, 2.45) is 5.73 Å². The zero-order valence-electron chi connectivity index (χ0n) is 15.7. The van der Waals surface area contributed by atoms with Gasteiger partial charge in [0.2, 0.25) is 17.7 Å². The van der Waals surface area contributed by atoms with Gasteiger partial charge in [-0.25, -0.2) is 0 Å². The summed E-state index contributed by atoms with van der Waals surface area (Å²) in [6, 6.07) is 3.20. The summed E-state index contributed by atoms with van der Waals surface area (Å²) in [6.07, 6.45) is 7.20. The van der Waals surface area contributed by atoms with Crippen LogP contribution in [-0.4, -0.2) is 37.6 Å².